The highest BCUT2D eigenvalue weighted by Gasteiger charge is 2.41. The summed E-state index contributed by atoms with van der Waals surface area (Å²) < 4.78 is 26.3. The fraction of sp³-hybridized carbons (Fsp3) is 0.571. The first kappa shape index (κ1) is 15.0. The van der Waals surface area contributed by atoms with Crippen LogP contribution in [-0.2, 0) is 9.84 Å². The number of nitrogens with two attached hydrogens (primary N) is 1. The Hall–Kier alpha value is -0.390. The number of hydrogen-bond acceptors (Lipinski definition) is 3. The summed E-state index contributed by atoms with van der Waals surface area (Å²) in [5.74, 6) is 0.599. The van der Waals surface area contributed by atoms with Gasteiger partial charge in [0.05, 0.1) is 10.1 Å². The number of sulfone groups is 1. The van der Waals surface area contributed by atoms with Crippen LogP contribution in [0.2, 0.25) is 0 Å². The molecule has 106 valence electrons. The van der Waals surface area contributed by atoms with E-state index in [0.29, 0.717) is 10.8 Å². The van der Waals surface area contributed by atoms with Crippen LogP contribution in [0, 0.1) is 11.8 Å². The molecule has 1 aliphatic rings. The largest absolute Gasteiger partial charge is 0.326 e. The smallest absolute Gasteiger partial charge is 0.183 e. The summed E-state index contributed by atoms with van der Waals surface area (Å²) in [6.07, 6.45) is 1.70. The van der Waals surface area contributed by atoms with Gasteiger partial charge in [0.15, 0.2) is 9.84 Å². The lowest BCUT2D eigenvalue weighted by Crippen LogP contribution is -2.49. The molecule has 1 aromatic rings. The maximum atomic E-state index is 12.8. The van der Waals surface area contributed by atoms with Gasteiger partial charge < -0.3 is 5.73 Å². The molecule has 0 amide bonds. The van der Waals surface area contributed by atoms with Crippen molar-refractivity contribution in [3.8, 4) is 0 Å². The first-order valence-electron chi connectivity index (χ1n) is 6.57. The highest BCUT2D eigenvalue weighted by atomic mass is 79.9. The van der Waals surface area contributed by atoms with Crippen molar-refractivity contribution in [2.24, 2.45) is 17.6 Å². The SMILES string of the molecule is CC1CC(C)C(S(=O)(=O)c2cccc(Br)c2)C(N)C1. The van der Waals surface area contributed by atoms with Crippen LogP contribution in [0.25, 0.3) is 0 Å². The van der Waals surface area contributed by atoms with Crippen LogP contribution >= 0.6 is 15.9 Å². The molecule has 1 saturated carbocycles. The lowest BCUT2D eigenvalue weighted by molar-refractivity contribution is 0.271. The van der Waals surface area contributed by atoms with Gasteiger partial charge in [-0.2, -0.15) is 0 Å². The summed E-state index contributed by atoms with van der Waals surface area (Å²) in [6.45, 7) is 4.13. The maximum absolute atomic E-state index is 12.8. The van der Waals surface area contributed by atoms with Gasteiger partial charge >= 0.3 is 0 Å². The molecule has 4 unspecified atom stereocenters. The van der Waals surface area contributed by atoms with Crippen LogP contribution in [-0.4, -0.2) is 19.7 Å². The quantitative estimate of drug-likeness (QED) is 0.896. The normalized spacial score (nSPS) is 32.2. The summed E-state index contributed by atoms with van der Waals surface area (Å²) in [5.41, 5.74) is 6.13. The molecule has 3 nitrogen and oxygen atoms in total. The van der Waals surface area contributed by atoms with Crippen molar-refractivity contribution in [2.45, 2.75) is 42.9 Å². The molecular weight excluding hydrogens is 326 g/mol. The van der Waals surface area contributed by atoms with Gasteiger partial charge in [0.1, 0.15) is 0 Å². The van der Waals surface area contributed by atoms with E-state index in [1.165, 1.54) is 0 Å². The summed E-state index contributed by atoms with van der Waals surface area (Å²) in [5, 5.41) is -0.474. The molecule has 19 heavy (non-hydrogen) atoms. The molecular formula is C14H20BrNO2S. The van der Waals surface area contributed by atoms with Gasteiger partial charge in [0.2, 0.25) is 0 Å². The number of benzene rings is 1. The van der Waals surface area contributed by atoms with E-state index in [2.05, 4.69) is 22.9 Å². The lowest BCUT2D eigenvalue weighted by Gasteiger charge is -2.37. The second-order valence-corrected chi connectivity index (χ2v) is 8.71. The van der Waals surface area contributed by atoms with Crippen molar-refractivity contribution in [3.63, 3.8) is 0 Å². The molecule has 1 aromatic carbocycles. The zero-order chi connectivity index (χ0) is 14.2. The minimum atomic E-state index is -3.36. The van der Waals surface area contributed by atoms with E-state index in [0.717, 1.165) is 17.3 Å². The molecule has 0 saturated heterocycles. The molecule has 0 aromatic heterocycles. The lowest BCUT2D eigenvalue weighted by atomic mass is 9.80. The summed E-state index contributed by atoms with van der Waals surface area (Å²) in [7, 11) is -3.36. The Morgan fingerprint density at radius 2 is 1.95 bits per heavy atom. The molecule has 4 atom stereocenters. The Kier molecular flexibility index (Phi) is 4.38. The summed E-state index contributed by atoms with van der Waals surface area (Å²) in [4.78, 5) is 0.365. The van der Waals surface area contributed by atoms with Gasteiger partial charge in [-0.15, -0.1) is 0 Å². The fourth-order valence-corrected chi connectivity index (χ4v) is 5.94. The molecule has 1 fully saturated rings. The molecule has 2 rings (SSSR count). The molecule has 0 spiro atoms. The van der Waals surface area contributed by atoms with Gasteiger partial charge in [0.25, 0.3) is 0 Å². The van der Waals surface area contributed by atoms with E-state index in [1.54, 1.807) is 18.2 Å². The zero-order valence-corrected chi connectivity index (χ0v) is 13.6. The number of hydrogen-bond donors (Lipinski definition) is 1. The van der Waals surface area contributed by atoms with Crippen LogP contribution in [0.3, 0.4) is 0 Å². The Morgan fingerprint density at radius 1 is 1.26 bits per heavy atom. The van der Waals surface area contributed by atoms with Gasteiger partial charge in [0, 0.05) is 10.5 Å². The van der Waals surface area contributed by atoms with Gasteiger partial charge in [-0.1, -0.05) is 35.8 Å². The highest BCUT2D eigenvalue weighted by Crippen LogP contribution is 2.35. The third kappa shape index (κ3) is 3.03. The monoisotopic (exact) mass is 345 g/mol. The Morgan fingerprint density at radius 3 is 2.53 bits per heavy atom. The molecule has 0 aliphatic heterocycles. The van der Waals surface area contributed by atoms with E-state index in [4.69, 9.17) is 5.73 Å². The molecule has 0 heterocycles. The molecule has 0 radical (unpaired) electrons. The molecule has 5 heteroatoms. The second kappa shape index (κ2) is 5.54. The van der Waals surface area contributed by atoms with Crippen molar-refractivity contribution in [2.75, 3.05) is 0 Å². The van der Waals surface area contributed by atoms with Crippen molar-refractivity contribution >= 4 is 25.8 Å². The van der Waals surface area contributed by atoms with E-state index in [-0.39, 0.29) is 12.0 Å². The Balaban J connectivity index is 2.39. The average molecular weight is 346 g/mol. The van der Waals surface area contributed by atoms with Gasteiger partial charge in [-0.25, -0.2) is 8.42 Å². The van der Waals surface area contributed by atoms with Crippen molar-refractivity contribution < 1.29 is 8.42 Å². The average Bonchev–Trinajstić information content (AvgIpc) is 2.26. The maximum Gasteiger partial charge on any atom is 0.183 e. The first-order valence-corrected chi connectivity index (χ1v) is 8.91. The van der Waals surface area contributed by atoms with Crippen LogP contribution in [0.15, 0.2) is 33.6 Å². The summed E-state index contributed by atoms with van der Waals surface area (Å²) in [6, 6.07) is 6.61. The predicted octanol–water partition coefficient (Wildman–Crippen LogP) is 2.98. The van der Waals surface area contributed by atoms with Crippen molar-refractivity contribution in [1.82, 2.24) is 0 Å². The summed E-state index contributed by atoms with van der Waals surface area (Å²) >= 11 is 3.32. The molecule has 2 N–H and O–H groups in total. The van der Waals surface area contributed by atoms with Gasteiger partial charge in [-0.3, -0.25) is 0 Å². The van der Waals surface area contributed by atoms with Crippen LogP contribution in [0.5, 0.6) is 0 Å². The standard InChI is InChI=1S/C14H20BrNO2S/c1-9-6-10(2)14(13(16)7-9)19(17,18)12-5-3-4-11(15)8-12/h3-5,8-10,13-14H,6-7,16H2,1-2H3. The van der Waals surface area contributed by atoms with E-state index in [9.17, 15) is 8.42 Å². The number of rotatable bonds is 2. The minimum Gasteiger partial charge on any atom is -0.326 e. The zero-order valence-electron chi connectivity index (χ0n) is 11.2. The predicted molar refractivity (Wildman–Crippen MR) is 80.7 cm³/mol. The molecule has 1 aliphatic carbocycles. The van der Waals surface area contributed by atoms with Crippen molar-refractivity contribution in [3.05, 3.63) is 28.7 Å². The Labute approximate surface area is 123 Å². The fourth-order valence-electron chi connectivity index (χ4n) is 3.22. The Bertz CT molecular complexity index is 546. The van der Waals surface area contributed by atoms with Crippen LogP contribution < -0.4 is 5.73 Å². The first-order chi connectivity index (χ1) is 8.82. The minimum absolute atomic E-state index is 0.0998. The highest BCUT2D eigenvalue weighted by molar-refractivity contribution is 9.10. The second-order valence-electron chi connectivity index (χ2n) is 5.68. The third-order valence-corrected chi connectivity index (χ3v) is 6.85. The van der Waals surface area contributed by atoms with E-state index < -0.39 is 15.1 Å². The van der Waals surface area contributed by atoms with E-state index >= 15 is 0 Å². The topological polar surface area (TPSA) is 60.2 Å². The third-order valence-electron chi connectivity index (χ3n) is 3.91. The van der Waals surface area contributed by atoms with Gasteiger partial charge in [-0.05, 0) is 42.9 Å². The van der Waals surface area contributed by atoms with E-state index in [1.807, 2.05) is 13.0 Å². The van der Waals surface area contributed by atoms with Crippen LogP contribution in [0.1, 0.15) is 26.7 Å². The molecule has 0 bridgehead atoms. The number of halogens is 1. The van der Waals surface area contributed by atoms with Crippen molar-refractivity contribution in [1.29, 1.82) is 0 Å². The van der Waals surface area contributed by atoms with Crippen LogP contribution in [0.4, 0.5) is 0 Å².